The van der Waals surface area contributed by atoms with Crippen LogP contribution in [-0.2, 0) is 19.7 Å². The van der Waals surface area contributed by atoms with Crippen LogP contribution in [0.5, 0.6) is 5.75 Å². The fraction of sp³-hybridized carbons (Fsp3) is 0.150. The van der Waals surface area contributed by atoms with Gasteiger partial charge in [-0.25, -0.2) is 0 Å². The third-order valence-corrected chi connectivity index (χ3v) is 4.08. The zero-order valence-corrected chi connectivity index (χ0v) is 13.9. The largest absolute Gasteiger partial charge is 0.489 e. The topological polar surface area (TPSA) is 57.2 Å². The van der Waals surface area contributed by atoms with Crippen LogP contribution in [0.1, 0.15) is 16.7 Å². The van der Waals surface area contributed by atoms with Crippen molar-refractivity contribution in [2.45, 2.75) is 19.7 Å². The summed E-state index contributed by atoms with van der Waals surface area (Å²) in [7, 11) is 5.99. The number of hydrogen-bond donors (Lipinski definition) is 1. The third kappa shape index (κ3) is 4.01. The van der Waals surface area contributed by atoms with Gasteiger partial charge in [0.05, 0.1) is 6.54 Å². The molecule has 3 aromatic rings. The van der Waals surface area contributed by atoms with Gasteiger partial charge in [-0.05, 0) is 22.8 Å². The Morgan fingerprint density at radius 2 is 1.64 bits per heavy atom. The lowest BCUT2D eigenvalue weighted by molar-refractivity contribution is 0.308. The number of nitrogens with zero attached hydrogens (tertiary/aromatic N) is 1. The van der Waals surface area contributed by atoms with Gasteiger partial charge >= 0.3 is 0 Å². The number of pyridine rings is 1. The Balaban J connectivity index is 1.79. The Labute approximate surface area is 148 Å². The smallest absolute Gasteiger partial charge is 0.247 e. The van der Waals surface area contributed by atoms with Crippen LogP contribution in [0.2, 0.25) is 0 Å². The number of benzene rings is 2. The maximum Gasteiger partial charge on any atom is 0.247 e. The second-order valence-corrected chi connectivity index (χ2v) is 5.77. The van der Waals surface area contributed by atoms with Crippen molar-refractivity contribution in [3.63, 3.8) is 0 Å². The van der Waals surface area contributed by atoms with E-state index in [2.05, 4.69) is 0 Å². The van der Waals surface area contributed by atoms with Gasteiger partial charge in [0.1, 0.15) is 20.2 Å². The SMILES string of the molecule is [B]c1c(OCc2ccccc2)ccn(Cc2ccccc2CN)c1=O. The molecule has 2 aromatic carbocycles. The summed E-state index contributed by atoms with van der Waals surface area (Å²) in [6, 6.07) is 19.3. The number of aromatic nitrogens is 1. The molecule has 1 aromatic heterocycles. The molecule has 2 radical (unpaired) electrons. The number of nitrogens with two attached hydrogens (primary N) is 1. The predicted molar refractivity (Wildman–Crippen MR) is 100 cm³/mol. The molecule has 25 heavy (non-hydrogen) atoms. The van der Waals surface area contributed by atoms with Crippen molar-refractivity contribution in [3.05, 3.63) is 93.9 Å². The lowest BCUT2D eigenvalue weighted by atomic mass is 9.96. The summed E-state index contributed by atoms with van der Waals surface area (Å²) in [4.78, 5) is 12.5. The molecular weight excluding hydrogens is 311 g/mol. The second-order valence-electron chi connectivity index (χ2n) is 5.77. The van der Waals surface area contributed by atoms with Crippen LogP contribution in [0.3, 0.4) is 0 Å². The minimum absolute atomic E-state index is 0.115. The summed E-state index contributed by atoms with van der Waals surface area (Å²) in [6.45, 7) is 1.22. The van der Waals surface area contributed by atoms with Gasteiger partial charge in [0.2, 0.25) is 5.56 Å². The molecule has 0 amide bonds. The Morgan fingerprint density at radius 1 is 0.960 bits per heavy atom. The van der Waals surface area contributed by atoms with E-state index >= 15 is 0 Å². The molecule has 2 N–H and O–H groups in total. The molecule has 4 nitrogen and oxygen atoms in total. The maximum atomic E-state index is 12.5. The normalized spacial score (nSPS) is 10.6. The van der Waals surface area contributed by atoms with E-state index < -0.39 is 0 Å². The molecule has 0 unspecified atom stereocenters. The molecule has 0 aliphatic rings. The molecule has 0 aliphatic heterocycles. The molecule has 0 fully saturated rings. The first-order valence-electron chi connectivity index (χ1n) is 8.11. The van der Waals surface area contributed by atoms with Crippen LogP contribution in [-0.4, -0.2) is 12.4 Å². The Bertz CT molecular complexity index is 907. The monoisotopic (exact) mass is 330 g/mol. The van der Waals surface area contributed by atoms with Crippen LogP contribution in [0.4, 0.5) is 0 Å². The van der Waals surface area contributed by atoms with Gasteiger partial charge < -0.3 is 15.0 Å². The van der Waals surface area contributed by atoms with E-state index in [-0.39, 0.29) is 11.0 Å². The average molecular weight is 330 g/mol. The van der Waals surface area contributed by atoms with Crippen molar-refractivity contribution in [1.29, 1.82) is 0 Å². The highest BCUT2D eigenvalue weighted by molar-refractivity contribution is 6.33. The van der Waals surface area contributed by atoms with Crippen LogP contribution in [0, 0.1) is 0 Å². The highest BCUT2D eigenvalue weighted by Crippen LogP contribution is 2.11. The van der Waals surface area contributed by atoms with Crippen molar-refractivity contribution in [3.8, 4) is 5.75 Å². The minimum Gasteiger partial charge on any atom is -0.489 e. The lowest BCUT2D eigenvalue weighted by Crippen LogP contribution is -2.35. The van der Waals surface area contributed by atoms with E-state index in [4.69, 9.17) is 18.3 Å². The summed E-state index contributed by atoms with van der Waals surface area (Å²) in [5.74, 6) is 0.400. The fourth-order valence-electron chi connectivity index (χ4n) is 2.66. The van der Waals surface area contributed by atoms with E-state index in [0.29, 0.717) is 25.4 Å². The van der Waals surface area contributed by atoms with Gasteiger partial charge in [0, 0.05) is 18.2 Å². The van der Waals surface area contributed by atoms with E-state index in [1.54, 1.807) is 16.8 Å². The summed E-state index contributed by atoms with van der Waals surface area (Å²) >= 11 is 0. The molecule has 3 rings (SSSR count). The fourth-order valence-corrected chi connectivity index (χ4v) is 2.66. The van der Waals surface area contributed by atoms with E-state index in [1.807, 2.05) is 54.6 Å². The van der Waals surface area contributed by atoms with Crippen molar-refractivity contribution < 1.29 is 4.74 Å². The first kappa shape index (κ1) is 17.1. The quantitative estimate of drug-likeness (QED) is 0.701. The highest BCUT2D eigenvalue weighted by atomic mass is 16.5. The van der Waals surface area contributed by atoms with Crippen molar-refractivity contribution in [1.82, 2.24) is 4.57 Å². The first-order chi connectivity index (χ1) is 12.2. The summed E-state index contributed by atoms with van der Waals surface area (Å²) in [6.07, 6.45) is 1.70. The molecule has 1 heterocycles. The first-order valence-corrected chi connectivity index (χ1v) is 8.11. The van der Waals surface area contributed by atoms with E-state index in [9.17, 15) is 4.79 Å². The van der Waals surface area contributed by atoms with Crippen LogP contribution in [0.15, 0.2) is 71.7 Å². The van der Waals surface area contributed by atoms with Crippen LogP contribution in [0.25, 0.3) is 0 Å². The van der Waals surface area contributed by atoms with Gasteiger partial charge in [-0.2, -0.15) is 0 Å². The molecule has 0 saturated carbocycles. The van der Waals surface area contributed by atoms with Gasteiger partial charge in [0.25, 0.3) is 0 Å². The van der Waals surface area contributed by atoms with Crippen molar-refractivity contribution in [2.75, 3.05) is 0 Å². The summed E-state index contributed by atoms with van der Waals surface area (Å²) < 4.78 is 7.26. The molecular formula is C20H19BN2O2. The predicted octanol–water partition coefficient (Wildman–Crippen LogP) is 1.73. The Kier molecular flexibility index (Phi) is 5.36. The highest BCUT2D eigenvalue weighted by Gasteiger charge is 2.09. The molecule has 124 valence electrons. The molecule has 0 aliphatic carbocycles. The number of rotatable bonds is 6. The Hall–Kier alpha value is -2.79. The van der Waals surface area contributed by atoms with Gasteiger partial charge in [-0.15, -0.1) is 0 Å². The standard InChI is InChI=1S/C20H19BN2O2/c21-19-18(25-14-15-6-2-1-3-7-15)10-11-23(20(19)24)13-17-9-5-4-8-16(17)12-22/h1-11H,12-14,22H2. The zero-order valence-electron chi connectivity index (χ0n) is 13.9. The molecule has 0 saturated heterocycles. The molecule has 5 heteroatoms. The van der Waals surface area contributed by atoms with Gasteiger partial charge in [-0.3, -0.25) is 4.79 Å². The molecule has 0 spiro atoms. The summed E-state index contributed by atoms with van der Waals surface area (Å²) in [5.41, 5.74) is 8.64. The Morgan fingerprint density at radius 3 is 2.36 bits per heavy atom. The van der Waals surface area contributed by atoms with Gasteiger partial charge in [0.15, 0.2) is 0 Å². The minimum atomic E-state index is -0.266. The molecule has 0 bridgehead atoms. The zero-order chi connectivity index (χ0) is 17.6. The maximum absolute atomic E-state index is 12.5. The van der Waals surface area contributed by atoms with E-state index in [0.717, 1.165) is 16.7 Å². The molecule has 0 atom stereocenters. The van der Waals surface area contributed by atoms with Crippen LogP contribution >= 0.6 is 0 Å². The van der Waals surface area contributed by atoms with Crippen LogP contribution < -0.4 is 21.5 Å². The number of hydrogen-bond acceptors (Lipinski definition) is 3. The lowest BCUT2D eigenvalue weighted by Gasteiger charge is -2.14. The second kappa shape index (κ2) is 7.86. The average Bonchev–Trinajstić information content (AvgIpc) is 2.66. The summed E-state index contributed by atoms with van der Waals surface area (Å²) in [5, 5.41) is 0. The van der Waals surface area contributed by atoms with Crippen molar-refractivity contribution >= 4 is 13.3 Å². The third-order valence-electron chi connectivity index (χ3n) is 4.08. The van der Waals surface area contributed by atoms with Crippen molar-refractivity contribution in [2.24, 2.45) is 5.73 Å². The van der Waals surface area contributed by atoms with E-state index in [1.165, 1.54) is 0 Å². The van der Waals surface area contributed by atoms with Gasteiger partial charge in [-0.1, -0.05) is 54.6 Å². The number of ether oxygens (including phenoxy) is 1.